The molecule has 0 unspecified atom stereocenters. The Bertz CT molecular complexity index is 579. The minimum absolute atomic E-state index is 0.297. The summed E-state index contributed by atoms with van der Waals surface area (Å²) in [5.74, 6) is 0.297. The fourth-order valence-electron chi connectivity index (χ4n) is 2.94. The molecule has 0 saturated carbocycles. The number of benzene rings is 2. The van der Waals surface area contributed by atoms with Gasteiger partial charge in [0.25, 0.3) is 0 Å². The number of hydrogen-bond donors (Lipinski definition) is 0. The van der Waals surface area contributed by atoms with Crippen molar-refractivity contribution in [3.05, 3.63) is 71.8 Å². The van der Waals surface area contributed by atoms with Crippen LogP contribution in [0.15, 0.2) is 60.7 Å². The lowest BCUT2D eigenvalue weighted by Crippen LogP contribution is -2.45. The summed E-state index contributed by atoms with van der Waals surface area (Å²) in [6.07, 6.45) is 3.66. The summed E-state index contributed by atoms with van der Waals surface area (Å²) < 4.78 is 0. The first-order valence-corrected chi connectivity index (χ1v) is 7.73. The molecule has 1 fully saturated rings. The fraction of sp³-hybridized carbons (Fsp3) is 0.316. The molecule has 21 heavy (non-hydrogen) atoms. The molecule has 0 aromatic heterocycles. The number of carbonyl (C=O) groups excluding carboxylic acids is 1. The Hall–Kier alpha value is -2.09. The average molecular weight is 279 g/mol. The molecule has 2 aromatic rings. The zero-order valence-electron chi connectivity index (χ0n) is 12.2. The molecule has 1 atom stereocenters. The molecule has 2 heteroatoms. The SMILES string of the molecule is O=C(CCCc1ccccc1)N1CC[C@@H]1c1ccccc1. The molecule has 0 radical (unpaired) electrons. The summed E-state index contributed by atoms with van der Waals surface area (Å²) >= 11 is 0. The number of amides is 1. The molecule has 0 aliphatic carbocycles. The predicted octanol–water partition coefficient (Wildman–Crippen LogP) is 3.98. The summed E-state index contributed by atoms with van der Waals surface area (Å²) in [6, 6.07) is 21.0. The highest BCUT2D eigenvalue weighted by molar-refractivity contribution is 5.77. The van der Waals surface area contributed by atoms with Gasteiger partial charge in [-0.25, -0.2) is 0 Å². The van der Waals surface area contributed by atoms with Crippen LogP contribution < -0.4 is 0 Å². The molecule has 2 nitrogen and oxygen atoms in total. The van der Waals surface area contributed by atoms with E-state index in [0.717, 1.165) is 25.8 Å². The Balaban J connectivity index is 1.50. The highest BCUT2D eigenvalue weighted by Crippen LogP contribution is 2.33. The second kappa shape index (κ2) is 6.57. The van der Waals surface area contributed by atoms with Crippen LogP contribution in [0.2, 0.25) is 0 Å². The van der Waals surface area contributed by atoms with Gasteiger partial charge >= 0.3 is 0 Å². The molecule has 0 spiro atoms. The summed E-state index contributed by atoms with van der Waals surface area (Å²) in [7, 11) is 0. The van der Waals surface area contributed by atoms with Gasteiger partial charge in [0.1, 0.15) is 0 Å². The Kier molecular flexibility index (Phi) is 4.34. The van der Waals surface area contributed by atoms with Crippen LogP contribution in [-0.2, 0) is 11.2 Å². The smallest absolute Gasteiger partial charge is 0.223 e. The van der Waals surface area contributed by atoms with Gasteiger partial charge in [-0.2, -0.15) is 0 Å². The summed E-state index contributed by atoms with van der Waals surface area (Å²) in [4.78, 5) is 14.4. The second-order valence-electron chi connectivity index (χ2n) is 5.64. The lowest BCUT2D eigenvalue weighted by molar-refractivity contribution is -0.139. The third kappa shape index (κ3) is 3.33. The predicted molar refractivity (Wildman–Crippen MR) is 84.9 cm³/mol. The molecule has 1 heterocycles. The van der Waals surface area contributed by atoms with Gasteiger partial charge in [0.05, 0.1) is 6.04 Å². The van der Waals surface area contributed by atoms with Crippen molar-refractivity contribution in [1.82, 2.24) is 4.90 Å². The maximum atomic E-state index is 12.3. The van der Waals surface area contributed by atoms with Crippen molar-refractivity contribution in [3.63, 3.8) is 0 Å². The third-order valence-corrected chi connectivity index (χ3v) is 4.22. The zero-order valence-corrected chi connectivity index (χ0v) is 12.2. The van der Waals surface area contributed by atoms with Crippen LogP contribution in [0.5, 0.6) is 0 Å². The van der Waals surface area contributed by atoms with E-state index < -0.39 is 0 Å². The summed E-state index contributed by atoms with van der Waals surface area (Å²) in [5, 5.41) is 0. The normalized spacial score (nSPS) is 17.3. The van der Waals surface area contributed by atoms with Gasteiger partial charge in [-0.05, 0) is 30.4 Å². The van der Waals surface area contributed by atoms with E-state index in [1.807, 2.05) is 29.2 Å². The molecule has 3 rings (SSSR count). The lowest BCUT2D eigenvalue weighted by atomic mass is 9.94. The van der Waals surface area contributed by atoms with E-state index in [0.29, 0.717) is 18.4 Å². The largest absolute Gasteiger partial charge is 0.336 e. The van der Waals surface area contributed by atoms with Gasteiger partial charge in [0.2, 0.25) is 5.91 Å². The van der Waals surface area contributed by atoms with Crippen molar-refractivity contribution in [1.29, 1.82) is 0 Å². The molecule has 1 amide bonds. The Morgan fingerprint density at radius 2 is 1.67 bits per heavy atom. The van der Waals surface area contributed by atoms with Crippen LogP contribution in [0, 0.1) is 0 Å². The number of nitrogens with zero attached hydrogens (tertiary/aromatic N) is 1. The molecule has 2 aromatic carbocycles. The van der Waals surface area contributed by atoms with Crippen LogP contribution in [0.1, 0.15) is 36.4 Å². The monoisotopic (exact) mass is 279 g/mol. The van der Waals surface area contributed by atoms with E-state index in [-0.39, 0.29) is 0 Å². The van der Waals surface area contributed by atoms with Gasteiger partial charge in [-0.3, -0.25) is 4.79 Å². The maximum absolute atomic E-state index is 12.3. The maximum Gasteiger partial charge on any atom is 0.223 e. The van der Waals surface area contributed by atoms with Crippen molar-refractivity contribution in [2.75, 3.05) is 6.54 Å². The number of hydrogen-bond acceptors (Lipinski definition) is 1. The average Bonchev–Trinajstić information content (AvgIpc) is 2.48. The number of carbonyl (C=O) groups is 1. The highest BCUT2D eigenvalue weighted by Gasteiger charge is 2.32. The Labute approximate surface area is 126 Å². The van der Waals surface area contributed by atoms with Crippen LogP contribution in [0.3, 0.4) is 0 Å². The van der Waals surface area contributed by atoms with Crippen LogP contribution >= 0.6 is 0 Å². The van der Waals surface area contributed by atoms with Gasteiger partial charge in [0.15, 0.2) is 0 Å². The quantitative estimate of drug-likeness (QED) is 0.810. The fourth-order valence-corrected chi connectivity index (χ4v) is 2.94. The number of likely N-dealkylation sites (tertiary alicyclic amines) is 1. The van der Waals surface area contributed by atoms with Crippen molar-refractivity contribution in [2.45, 2.75) is 31.7 Å². The first-order chi connectivity index (χ1) is 10.3. The minimum Gasteiger partial charge on any atom is -0.336 e. The summed E-state index contributed by atoms with van der Waals surface area (Å²) in [5.41, 5.74) is 2.58. The van der Waals surface area contributed by atoms with E-state index in [9.17, 15) is 4.79 Å². The molecule has 1 aliphatic rings. The third-order valence-electron chi connectivity index (χ3n) is 4.22. The van der Waals surface area contributed by atoms with Gasteiger partial charge in [0, 0.05) is 13.0 Å². The van der Waals surface area contributed by atoms with E-state index >= 15 is 0 Å². The molecule has 108 valence electrons. The first-order valence-electron chi connectivity index (χ1n) is 7.73. The van der Waals surface area contributed by atoms with Crippen LogP contribution in [0.4, 0.5) is 0 Å². The second-order valence-corrected chi connectivity index (χ2v) is 5.64. The van der Waals surface area contributed by atoms with E-state index in [2.05, 4.69) is 36.4 Å². The molecule has 0 bridgehead atoms. The van der Waals surface area contributed by atoms with Crippen molar-refractivity contribution < 1.29 is 4.79 Å². The molecular weight excluding hydrogens is 258 g/mol. The van der Waals surface area contributed by atoms with Crippen LogP contribution in [0.25, 0.3) is 0 Å². The Morgan fingerprint density at radius 1 is 1.00 bits per heavy atom. The molecule has 0 N–H and O–H groups in total. The Morgan fingerprint density at radius 3 is 2.29 bits per heavy atom. The van der Waals surface area contributed by atoms with Gasteiger partial charge in [-0.1, -0.05) is 60.7 Å². The zero-order chi connectivity index (χ0) is 14.5. The van der Waals surface area contributed by atoms with Gasteiger partial charge in [-0.15, -0.1) is 0 Å². The number of rotatable bonds is 5. The standard InChI is InChI=1S/C19H21NO/c21-19(13-7-10-16-8-3-1-4-9-16)20-15-14-18(20)17-11-5-2-6-12-17/h1-6,8-9,11-12,18H,7,10,13-15H2/t18-/m1/s1. The van der Waals surface area contributed by atoms with Crippen molar-refractivity contribution >= 4 is 5.91 Å². The molecule has 1 aliphatic heterocycles. The van der Waals surface area contributed by atoms with Crippen molar-refractivity contribution in [3.8, 4) is 0 Å². The minimum atomic E-state index is 0.297. The van der Waals surface area contributed by atoms with E-state index in [1.54, 1.807) is 0 Å². The highest BCUT2D eigenvalue weighted by atomic mass is 16.2. The lowest BCUT2D eigenvalue weighted by Gasteiger charge is -2.41. The first kappa shape index (κ1) is 13.9. The molecular formula is C19H21NO. The summed E-state index contributed by atoms with van der Waals surface area (Å²) in [6.45, 7) is 0.906. The van der Waals surface area contributed by atoms with Gasteiger partial charge < -0.3 is 4.90 Å². The topological polar surface area (TPSA) is 20.3 Å². The van der Waals surface area contributed by atoms with E-state index in [4.69, 9.17) is 0 Å². The molecule has 1 saturated heterocycles. The van der Waals surface area contributed by atoms with Crippen LogP contribution in [-0.4, -0.2) is 17.4 Å². The van der Waals surface area contributed by atoms with E-state index in [1.165, 1.54) is 11.1 Å². The number of aryl methyl sites for hydroxylation is 1. The van der Waals surface area contributed by atoms with Crippen molar-refractivity contribution in [2.24, 2.45) is 0 Å².